The Kier molecular flexibility index (Phi) is 9.51. The van der Waals surface area contributed by atoms with Crippen molar-refractivity contribution in [1.29, 1.82) is 0 Å². The molecule has 0 atom stereocenters. The van der Waals surface area contributed by atoms with Crippen molar-refractivity contribution in [3.8, 4) is 0 Å². The van der Waals surface area contributed by atoms with Gasteiger partial charge in [0.05, 0.1) is 0 Å². The molecule has 0 amide bonds. The average molecular weight is 179 g/mol. The van der Waals surface area contributed by atoms with Gasteiger partial charge in [-0.2, -0.15) is 0 Å². The molecule has 0 aliphatic rings. The molecule has 0 aliphatic carbocycles. The molecule has 0 unspecified atom stereocenters. The molecule has 5 heavy (non-hydrogen) atoms. The zero-order valence-electron chi connectivity index (χ0n) is 3.86. The van der Waals surface area contributed by atoms with E-state index in [2.05, 4.69) is 20.0 Å². The summed E-state index contributed by atoms with van der Waals surface area (Å²) in [5.74, 6) is 0. The van der Waals surface area contributed by atoms with Gasteiger partial charge in [0.15, 0.2) is 0 Å². The van der Waals surface area contributed by atoms with Gasteiger partial charge < -0.3 is 0 Å². The van der Waals surface area contributed by atoms with Crippen molar-refractivity contribution in [2.75, 3.05) is 20.0 Å². The van der Waals surface area contributed by atoms with Gasteiger partial charge in [0.2, 0.25) is 0 Å². The van der Waals surface area contributed by atoms with Gasteiger partial charge in [0, 0.05) is 0 Å². The Hall–Kier alpha value is 1.05. The van der Waals surface area contributed by atoms with Gasteiger partial charge in [-0.1, -0.05) is 0 Å². The van der Waals surface area contributed by atoms with E-state index in [1.807, 2.05) is 0 Å². The fourth-order valence-corrected chi connectivity index (χ4v) is 0. The Labute approximate surface area is 47.9 Å². The second kappa shape index (κ2) is 5.05. The topological polar surface area (TPSA) is 0 Å². The van der Waals surface area contributed by atoms with E-state index in [1.54, 1.807) is 0 Å². The van der Waals surface area contributed by atoms with Crippen LogP contribution in [0.2, 0.25) is 0 Å². The maximum atomic E-state index is 2.23. The third-order valence-corrected chi connectivity index (χ3v) is 0. The molecule has 0 saturated carbocycles. The summed E-state index contributed by atoms with van der Waals surface area (Å²) in [6, 6.07) is 0. The van der Waals surface area contributed by atoms with Gasteiger partial charge >= 0.3 is 19.5 Å². The molecule has 0 rings (SSSR count). The molecule has 0 aromatic carbocycles. The Morgan fingerprint density at radius 2 is 1.00 bits per heavy atom. The second-order valence-electron chi connectivity index (χ2n) is 1.34. The minimum atomic E-state index is 0. The van der Waals surface area contributed by atoms with Gasteiger partial charge in [0.25, 0.3) is 0 Å². The molecule has 0 spiro atoms. The van der Waals surface area contributed by atoms with Gasteiger partial charge in [-0.3, -0.25) is 0 Å². The van der Waals surface area contributed by atoms with Crippen LogP contribution in [0.3, 0.4) is 0 Å². The van der Waals surface area contributed by atoms with E-state index in [0.717, 1.165) is 0 Å². The summed E-state index contributed by atoms with van der Waals surface area (Å²) in [5, 5.41) is 0. The molecular formula is C3H11PRu. The molecular weight excluding hydrogens is 168 g/mol. The Balaban J connectivity index is 0. The van der Waals surface area contributed by atoms with Crippen molar-refractivity contribution in [2.45, 2.75) is 0 Å². The van der Waals surface area contributed by atoms with Crippen molar-refractivity contribution in [3.05, 3.63) is 0 Å². The SMILES string of the molecule is CP(C)C.[RuH2]. The molecule has 0 aliphatic heterocycles. The van der Waals surface area contributed by atoms with Crippen LogP contribution in [-0.4, -0.2) is 20.0 Å². The standard InChI is InChI=1S/C3H9P.Ru.2H/c1-4(2)3;;;/h1-3H3;;;. The van der Waals surface area contributed by atoms with Crippen molar-refractivity contribution < 1.29 is 19.5 Å². The number of hydrogen-bond donors (Lipinski definition) is 0. The zero-order chi connectivity index (χ0) is 3.58. The van der Waals surface area contributed by atoms with E-state index in [-0.39, 0.29) is 19.5 Å². The van der Waals surface area contributed by atoms with Crippen LogP contribution >= 0.6 is 7.92 Å². The van der Waals surface area contributed by atoms with Crippen LogP contribution in [0.1, 0.15) is 0 Å². The predicted molar refractivity (Wildman–Crippen MR) is 27.5 cm³/mol. The third kappa shape index (κ3) is 42.5. The average Bonchev–Trinajstić information content (AvgIpc) is 0.811. The molecule has 0 aromatic rings. The van der Waals surface area contributed by atoms with Crippen LogP contribution in [0.4, 0.5) is 0 Å². The molecule has 0 aromatic heterocycles. The summed E-state index contributed by atoms with van der Waals surface area (Å²) in [7, 11) is 0.380. The first kappa shape index (κ1) is 9.41. The number of hydrogen-bond acceptors (Lipinski definition) is 0. The first-order valence-electron chi connectivity index (χ1n) is 1.34. The van der Waals surface area contributed by atoms with Crippen LogP contribution in [0.25, 0.3) is 0 Å². The summed E-state index contributed by atoms with van der Waals surface area (Å²) in [6.45, 7) is 6.69. The molecule has 0 saturated heterocycles. The first-order valence-corrected chi connectivity index (χ1v) is 4.02. The predicted octanol–water partition coefficient (Wildman–Crippen LogP) is 0.820. The van der Waals surface area contributed by atoms with E-state index in [1.165, 1.54) is 0 Å². The van der Waals surface area contributed by atoms with Crippen LogP contribution in [0.15, 0.2) is 0 Å². The van der Waals surface area contributed by atoms with Gasteiger partial charge in [-0.25, -0.2) is 0 Å². The normalized spacial score (nSPS) is 7.20. The van der Waals surface area contributed by atoms with Crippen LogP contribution in [0.5, 0.6) is 0 Å². The van der Waals surface area contributed by atoms with Crippen molar-refractivity contribution >= 4 is 7.92 Å². The van der Waals surface area contributed by atoms with Crippen molar-refractivity contribution in [1.82, 2.24) is 0 Å². The first-order chi connectivity index (χ1) is 1.73. The summed E-state index contributed by atoms with van der Waals surface area (Å²) in [6.07, 6.45) is 0. The van der Waals surface area contributed by atoms with Crippen LogP contribution < -0.4 is 0 Å². The molecule has 0 heterocycles. The van der Waals surface area contributed by atoms with Crippen LogP contribution in [0, 0.1) is 0 Å². The second-order valence-corrected chi connectivity index (χ2v) is 4.02. The Morgan fingerprint density at radius 1 is 1.00 bits per heavy atom. The molecule has 0 bridgehead atoms. The molecule has 0 fully saturated rings. The van der Waals surface area contributed by atoms with E-state index in [0.29, 0.717) is 7.92 Å². The van der Waals surface area contributed by atoms with E-state index >= 15 is 0 Å². The Bertz CT molecular complexity index is 11.6. The monoisotopic (exact) mass is 180 g/mol. The quantitative estimate of drug-likeness (QED) is 0.381. The minimum absolute atomic E-state index is 0. The van der Waals surface area contributed by atoms with E-state index in [9.17, 15) is 0 Å². The van der Waals surface area contributed by atoms with Gasteiger partial charge in [-0.05, 0) is 20.0 Å². The molecule has 0 N–H and O–H groups in total. The summed E-state index contributed by atoms with van der Waals surface area (Å²) >= 11 is 0. The summed E-state index contributed by atoms with van der Waals surface area (Å²) < 4.78 is 0. The van der Waals surface area contributed by atoms with Crippen molar-refractivity contribution in [2.24, 2.45) is 0 Å². The van der Waals surface area contributed by atoms with Gasteiger partial charge in [-0.15, -0.1) is 7.92 Å². The summed E-state index contributed by atoms with van der Waals surface area (Å²) in [4.78, 5) is 0. The fourth-order valence-electron chi connectivity index (χ4n) is 0. The van der Waals surface area contributed by atoms with E-state index < -0.39 is 0 Å². The van der Waals surface area contributed by atoms with Crippen LogP contribution in [-0.2, 0) is 19.5 Å². The molecule has 36 valence electrons. The molecule has 0 radical (unpaired) electrons. The maximum absolute atomic E-state index is 2.23. The Morgan fingerprint density at radius 3 is 1.00 bits per heavy atom. The van der Waals surface area contributed by atoms with Crippen molar-refractivity contribution in [3.63, 3.8) is 0 Å². The molecule has 2 heteroatoms. The zero-order valence-corrected chi connectivity index (χ0v) is 6.76. The fraction of sp³-hybridized carbons (Fsp3) is 1.00. The molecule has 0 nitrogen and oxygen atoms in total. The third-order valence-electron chi connectivity index (χ3n) is 0. The van der Waals surface area contributed by atoms with Gasteiger partial charge in [0.1, 0.15) is 0 Å². The number of rotatable bonds is 0. The van der Waals surface area contributed by atoms with E-state index in [4.69, 9.17) is 0 Å². The summed E-state index contributed by atoms with van der Waals surface area (Å²) in [5.41, 5.74) is 0.